The molecule has 1 aliphatic heterocycles. The summed E-state index contributed by atoms with van der Waals surface area (Å²) in [5.74, 6) is -5.90. The van der Waals surface area contributed by atoms with E-state index in [1.165, 1.54) is 13.8 Å². The van der Waals surface area contributed by atoms with E-state index in [-0.39, 0.29) is 6.42 Å². The highest BCUT2D eigenvalue weighted by atomic mass is 16.7. The van der Waals surface area contributed by atoms with Crippen molar-refractivity contribution >= 4 is 23.8 Å². The molecule has 31 heavy (non-hydrogen) atoms. The van der Waals surface area contributed by atoms with Crippen molar-refractivity contribution in [3.8, 4) is 0 Å². The van der Waals surface area contributed by atoms with Gasteiger partial charge in [0.2, 0.25) is 0 Å². The molecule has 0 bridgehead atoms. The number of nitrogens with one attached hydrogen (secondary N) is 2. The van der Waals surface area contributed by atoms with Crippen molar-refractivity contribution < 1.29 is 33.8 Å². The molecule has 2 unspecified atom stereocenters. The summed E-state index contributed by atoms with van der Waals surface area (Å²) in [5, 5.41) is 10.1. The highest BCUT2D eigenvalue weighted by Crippen LogP contribution is 2.47. The molecule has 3 N–H and O–H groups in total. The number of allylic oxidation sites excluding steroid dienone is 2. The quantitative estimate of drug-likeness (QED) is 0.162. The fourth-order valence-corrected chi connectivity index (χ4v) is 3.79. The van der Waals surface area contributed by atoms with E-state index in [4.69, 9.17) is 9.47 Å². The summed E-state index contributed by atoms with van der Waals surface area (Å²) in [6.07, 6.45) is 3.06. The number of hydrazine groups is 1. The smallest absolute Gasteiger partial charge is 0.350 e. The van der Waals surface area contributed by atoms with Gasteiger partial charge in [0.1, 0.15) is 0 Å². The summed E-state index contributed by atoms with van der Waals surface area (Å²) in [6.45, 7) is 4.71. The number of carboxylic acid groups (broad SMARTS) is 1. The summed E-state index contributed by atoms with van der Waals surface area (Å²) >= 11 is 0. The standard InChI is InChI=1S/C22H24N2O7/c1-13-9-10-22(20(28)29,16(11-13)14-7-5-4-6-8-14)19(27)24-23-12-15-17(25)30-21(2,3)31-18(15)26/h4-9,12,16,23H,10-11H2,1-3H3,(H,24,27)(H,28,29). The number of hydrogen-bond acceptors (Lipinski definition) is 7. The van der Waals surface area contributed by atoms with Gasteiger partial charge >= 0.3 is 17.9 Å². The second-order valence-corrected chi connectivity index (χ2v) is 8.03. The van der Waals surface area contributed by atoms with Gasteiger partial charge in [-0.2, -0.15) is 0 Å². The molecule has 3 rings (SSSR count). The first kappa shape index (κ1) is 22.1. The molecule has 0 spiro atoms. The third kappa shape index (κ3) is 4.30. The summed E-state index contributed by atoms with van der Waals surface area (Å²) < 4.78 is 9.94. The van der Waals surface area contributed by atoms with E-state index in [9.17, 15) is 24.3 Å². The molecule has 0 radical (unpaired) electrons. The fraction of sp³-hybridized carbons (Fsp3) is 0.364. The molecule has 1 aromatic rings. The number of aliphatic carboxylic acids is 1. The lowest BCUT2D eigenvalue weighted by Gasteiger charge is -2.38. The number of cyclic esters (lactones) is 2. The van der Waals surface area contributed by atoms with Crippen LogP contribution in [0.15, 0.2) is 53.8 Å². The fourth-order valence-electron chi connectivity index (χ4n) is 3.79. The summed E-state index contributed by atoms with van der Waals surface area (Å²) in [6, 6.07) is 8.98. The van der Waals surface area contributed by atoms with Crippen LogP contribution in [0, 0.1) is 5.41 Å². The molecule has 1 aromatic carbocycles. The second-order valence-electron chi connectivity index (χ2n) is 8.03. The van der Waals surface area contributed by atoms with Gasteiger partial charge in [-0.05, 0) is 25.3 Å². The minimum absolute atomic E-state index is 0.00388. The van der Waals surface area contributed by atoms with Crippen molar-refractivity contribution in [3.63, 3.8) is 0 Å². The number of carbonyl (C=O) groups is 4. The van der Waals surface area contributed by atoms with Crippen LogP contribution in [0.4, 0.5) is 0 Å². The zero-order chi connectivity index (χ0) is 22.8. The van der Waals surface area contributed by atoms with Crippen LogP contribution in [-0.4, -0.2) is 34.7 Å². The van der Waals surface area contributed by atoms with Crippen molar-refractivity contribution in [2.75, 3.05) is 0 Å². The Morgan fingerprint density at radius 2 is 1.74 bits per heavy atom. The summed E-state index contributed by atoms with van der Waals surface area (Å²) in [7, 11) is 0. The van der Waals surface area contributed by atoms with Crippen LogP contribution in [0.3, 0.4) is 0 Å². The third-order valence-corrected chi connectivity index (χ3v) is 5.40. The average molecular weight is 428 g/mol. The van der Waals surface area contributed by atoms with E-state index in [2.05, 4.69) is 10.9 Å². The molecule has 1 amide bonds. The topological polar surface area (TPSA) is 131 Å². The lowest BCUT2D eigenvalue weighted by molar-refractivity contribution is -0.222. The minimum atomic E-state index is -1.78. The van der Waals surface area contributed by atoms with Crippen molar-refractivity contribution in [1.82, 2.24) is 10.9 Å². The Hall–Kier alpha value is -3.62. The van der Waals surface area contributed by atoms with Gasteiger partial charge in [0, 0.05) is 26.0 Å². The molecule has 0 saturated carbocycles. The molecular weight excluding hydrogens is 404 g/mol. The second kappa shape index (κ2) is 8.25. The van der Waals surface area contributed by atoms with E-state index in [0.29, 0.717) is 6.42 Å². The Balaban J connectivity index is 1.84. The van der Waals surface area contributed by atoms with E-state index >= 15 is 0 Å². The molecule has 1 fully saturated rings. The normalized spacial score (nSPS) is 24.9. The van der Waals surface area contributed by atoms with E-state index in [1.54, 1.807) is 30.3 Å². The summed E-state index contributed by atoms with van der Waals surface area (Å²) in [5.41, 5.74) is 4.15. The molecule has 1 saturated heterocycles. The summed E-state index contributed by atoms with van der Waals surface area (Å²) in [4.78, 5) is 49.5. The van der Waals surface area contributed by atoms with Gasteiger partial charge in [0.05, 0.1) is 0 Å². The number of esters is 2. The molecule has 1 heterocycles. The number of ether oxygens (including phenoxy) is 2. The zero-order valence-electron chi connectivity index (χ0n) is 17.4. The van der Waals surface area contributed by atoms with Crippen molar-refractivity contribution in [3.05, 3.63) is 59.3 Å². The van der Waals surface area contributed by atoms with Gasteiger partial charge in [0.25, 0.3) is 11.7 Å². The predicted molar refractivity (Wildman–Crippen MR) is 108 cm³/mol. The Bertz CT molecular complexity index is 959. The number of benzene rings is 1. The van der Waals surface area contributed by atoms with Crippen LogP contribution in [0.5, 0.6) is 0 Å². The Kier molecular flexibility index (Phi) is 5.88. The molecule has 1 aliphatic carbocycles. The first-order valence-corrected chi connectivity index (χ1v) is 9.73. The maximum absolute atomic E-state index is 13.1. The van der Waals surface area contributed by atoms with Crippen LogP contribution in [0.25, 0.3) is 0 Å². The maximum atomic E-state index is 13.1. The molecule has 164 valence electrons. The molecular formula is C22H24N2O7. The van der Waals surface area contributed by atoms with Gasteiger partial charge < -0.3 is 20.0 Å². The van der Waals surface area contributed by atoms with Crippen molar-refractivity contribution in [2.24, 2.45) is 5.41 Å². The Morgan fingerprint density at radius 3 is 2.32 bits per heavy atom. The van der Waals surface area contributed by atoms with Gasteiger partial charge in [-0.3, -0.25) is 15.0 Å². The van der Waals surface area contributed by atoms with Crippen LogP contribution in [0.2, 0.25) is 0 Å². The highest BCUT2D eigenvalue weighted by Gasteiger charge is 2.53. The monoisotopic (exact) mass is 428 g/mol. The van der Waals surface area contributed by atoms with Crippen LogP contribution in [0.1, 0.15) is 45.1 Å². The van der Waals surface area contributed by atoms with Gasteiger partial charge in [-0.1, -0.05) is 42.0 Å². The third-order valence-electron chi connectivity index (χ3n) is 5.40. The lowest BCUT2D eigenvalue weighted by atomic mass is 9.64. The Labute approximate surface area is 179 Å². The number of rotatable bonds is 5. The highest BCUT2D eigenvalue weighted by molar-refractivity contribution is 6.15. The molecule has 2 atom stereocenters. The lowest BCUT2D eigenvalue weighted by Crippen LogP contribution is -2.54. The van der Waals surface area contributed by atoms with E-state index in [0.717, 1.165) is 17.3 Å². The zero-order valence-corrected chi connectivity index (χ0v) is 17.4. The van der Waals surface area contributed by atoms with Crippen LogP contribution < -0.4 is 10.9 Å². The van der Waals surface area contributed by atoms with Crippen molar-refractivity contribution in [1.29, 1.82) is 0 Å². The van der Waals surface area contributed by atoms with Gasteiger partial charge in [-0.15, -0.1) is 0 Å². The number of hydrogen-bond donors (Lipinski definition) is 3. The maximum Gasteiger partial charge on any atom is 0.350 e. The van der Waals surface area contributed by atoms with Crippen LogP contribution >= 0.6 is 0 Å². The van der Waals surface area contributed by atoms with E-state index in [1.807, 2.05) is 13.0 Å². The first-order valence-electron chi connectivity index (χ1n) is 9.73. The van der Waals surface area contributed by atoms with Crippen LogP contribution in [-0.2, 0) is 28.7 Å². The largest absolute Gasteiger partial charge is 0.480 e. The molecule has 0 aromatic heterocycles. The molecule has 9 heteroatoms. The van der Waals surface area contributed by atoms with Gasteiger partial charge in [0.15, 0.2) is 11.0 Å². The molecule has 2 aliphatic rings. The van der Waals surface area contributed by atoms with Gasteiger partial charge in [-0.25, -0.2) is 9.59 Å². The number of carboxylic acids is 1. The van der Waals surface area contributed by atoms with Crippen molar-refractivity contribution in [2.45, 2.75) is 45.3 Å². The Morgan fingerprint density at radius 1 is 1.13 bits per heavy atom. The van der Waals surface area contributed by atoms with E-state index < -0.39 is 46.5 Å². The number of amides is 1. The number of carbonyl (C=O) groups excluding carboxylic acids is 3. The first-order chi connectivity index (χ1) is 14.6. The molecule has 9 nitrogen and oxygen atoms in total. The minimum Gasteiger partial charge on any atom is -0.480 e. The average Bonchev–Trinajstić information content (AvgIpc) is 2.69. The predicted octanol–water partition coefficient (Wildman–Crippen LogP) is 1.92. The SMILES string of the molecule is CC1=CCC(C(=O)O)(C(=O)NNC=C2C(=O)OC(C)(C)OC2=O)C(c2ccccc2)C1.